The van der Waals surface area contributed by atoms with E-state index in [2.05, 4.69) is 20.4 Å². The van der Waals surface area contributed by atoms with E-state index in [1.54, 1.807) is 0 Å². The fourth-order valence-electron chi connectivity index (χ4n) is 2.47. The van der Waals surface area contributed by atoms with Crippen LogP contribution in [0.25, 0.3) is 0 Å². The molecule has 0 bridgehead atoms. The van der Waals surface area contributed by atoms with Crippen LogP contribution in [0, 0.1) is 11.3 Å². The molecule has 2 fully saturated rings. The van der Waals surface area contributed by atoms with Gasteiger partial charge < -0.3 is 10.6 Å². The Labute approximate surface area is 108 Å². The van der Waals surface area contributed by atoms with Gasteiger partial charge >= 0.3 is 0 Å². The van der Waals surface area contributed by atoms with Crippen molar-refractivity contribution < 1.29 is 4.79 Å². The highest BCUT2D eigenvalue weighted by atomic mass is 16.2. The normalized spacial score (nSPS) is 22.2. The molecular formula is C12H21N5O. The Morgan fingerprint density at radius 3 is 2.78 bits per heavy atom. The zero-order valence-electron chi connectivity index (χ0n) is 10.7. The Hall–Kier alpha value is -1.16. The first kappa shape index (κ1) is 13.3. The minimum Gasteiger partial charge on any atom is -0.354 e. The third-order valence-corrected chi connectivity index (χ3v) is 3.53. The minimum absolute atomic E-state index is 0.0315. The van der Waals surface area contributed by atoms with Crippen molar-refractivity contribution >= 4 is 5.91 Å². The topological polar surface area (TPSA) is 71.4 Å². The van der Waals surface area contributed by atoms with Crippen molar-refractivity contribution in [3.63, 3.8) is 0 Å². The number of nitrogens with zero attached hydrogens (tertiary/aromatic N) is 3. The van der Waals surface area contributed by atoms with E-state index in [1.165, 1.54) is 0 Å². The molecule has 2 aliphatic rings. The van der Waals surface area contributed by atoms with Crippen LogP contribution in [-0.2, 0) is 4.79 Å². The highest BCUT2D eigenvalue weighted by Gasteiger charge is 2.32. The lowest BCUT2D eigenvalue weighted by Gasteiger charge is -2.46. The van der Waals surface area contributed by atoms with Gasteiger partial charge in [-0.05, 0) is 0 Å². The van der Waals surface area contributed by atoms with Crippen molar-refractivity contribution in [3.8, 4) is 6.07 Å². The van der Waals surface area contributed by atoms with Crippen molar-refractivity contribution in [2.45, 2.75) is 12.5 Å². The summed E-state index contributed by atoms with van der Waals surface area (Å²) in [6.45, 7) is 7.30. The Morgan fingerprint density at radius 1 is 1.39 bits per heavy atom. The van der Waals surface area contributed by atoms with E-state index < -0.39 is 0 Å². The summed E-state index contributed by atoms with van der Waals surface area (Å²) in [4.78, 5) is 16.2. The van der Waals surface area contributed by atoms with Gasteiger partial charge in [0.15, 0.2) is 0 Å². The monoisotopic (exact) mass is 251 g/mol. The van der Waals surface area contributed by atoms with Crippen molar-refractivity contribution in [1.82, 2.24) is 20.4 Å². The molecule has 6 heteroatoms. The first-order valence-electron chi connectivity index (χ1n) is 6.60. The summed E-state index contributed by atoms with van der Waals surface area (Å²) in [6, 6.07) is 2.64. The van der Waals surface area contributed by atoms with Crippen LogP contribution in [0.1, 0.15) is 6.42 Å². The summed E-state index contributed by atoms with van der Waals surface area (Å²) in [6.07, 6.45) is 0.384. The molecule has 2 N–H and O–H groups in total. The highest BCUT2D eigenvalue weighted by Crippen LogP contribution is 2.14. The van der Waals surface area contributed by atoms with Crippen LogP contribution in [0.3, 0.4) is 0 Å². The molecule has 100 valence electrons. The summed E-state index contributed by atoms with van der Waals surface area (Å²) in [5.74, 6) is 0.0315. The summed E-state index contributed by atoms with van der Waals surface area (Å²) in [5.41, 5.74) is 0. The van der Waals surface area contributed by atoms with E-state index in [4.69, 9.17) is 5.26 Å². The third-order valence-electron chi connectivity index (χ3n) is 3.53. The molecule has 0 spiro atoms. The average molecular weight is 251 g/mol. The Balaban J connectivity index is 1.58. The van der Waals surface area contributed by atoms with Crippen LogP contribution in [0.5, 0.6) is 0 Å². The molecule has 2 saturated heterocycles. The summed E-state index contributed by atoms with van der Waals surface area (Å²) in [7, 11) is 0. The number of amides is 1. The first-order valence-corrected chi connectivity index (χ1v) is 6.60. The maximum Gasteiger partial charge on any atom is 0.234 e. The molecule has 1 amide bonds. The molecule has 0 aliphatic carbocycles. The fraction of sp³-hybridized carbons (Fsp3) is 0.833. The molecule has 2 heterocycles. The molecule has 0 radical (unpaired) electrons. The second kappa shape index (κ2) is 6.69. The van der Waals surface area contributed by atoms with E-state index in [0.29, 0.717) is 25.6 Å². The summed E-state index contributed by atoms with van der Waals surface area (Å²) in [5, 5.41) is 14.5. The predicted molar refractivity (Wildman–Crippen MR) is 67.9 cm³/mol. The first-order chi connectivity index (χ1) is 8.79. The van der Waals surface area contributed by atoms with E-state index in [1.807, 2.05) is 6.07 Å². The standard InChI is InChI=1S/C12H21N5O/c13-2-1-3-15-12(18)10-16-8-11(9-16)17-6-4-14-5-7-17/h11,14H,1,3-10H2,(H,15,18). The molecular weight excluding hydrogens is 230 g/mol. The van der Waals surface area contributed by atoms with Crippen LogP contribution < -0.4 is 10.6 Å². The number of piperazine rings is 1. The zero-order valence-corrected chi connectivity index (χ0v) is 10.7. The Bertz CT molecular complexity index is 315. The third kappa shape index (κ3) is 3.67. The molecule has 0 atom stereocenters. The SMILES string of the molecule is N#CCCNC(=O)CN1CC(N2CCNCC2)C1. The number of carbonyl (C=O) groups is 1. The van der Waals surface area contributed by atoms with Crippen molar-refractivity contribution in [2.75, 3.05) is 52.4 Å². The lowest BCUT2D eigenvalue weighted by Crippen LogP contribution is -2.63. The largest absolute Gasteiger partial charge is 0.354 e. The van der Waals surface area contributed by atoms with Crippen molar-refractivity contribution in [2.24, 2.45) is 0 Å². The van der Waals surface area contributed by atoms with Gasteiger partial charge in [-0.2, -0.15) is 5.26 Å². The number of hydrogen-bond donors (Lipinski definition) is 2. The molecule has 6 nitrogen and oxygen atoms in total. The van der Waals surface area contributed by atoms with Crippen LogP contribution in [-0.4, -0.2) is 74.1 Å². The number of rotatable bonds is 5. The summed E-state index contributed by atoms with van der Waals surface area (Å²) >= 11 is 0. The number of hydrogen-bond acceptors (Lipinski definition) is 5. The average Bonchev–Trinajstić information content (AvgIpc) is 2.35. The van der Waals surface area contributed by atoms with Gasteiger partial charge in [-0.1, -0.05) is 0 Å². The number of nitriles is 1. The van der Waals surface area contributed by atoms with E-state index in [9.17, 15) is 4.79 Å². The van der Waals surface area contributed by atoms with Crippen molar-refractivity contribution in [3.05, 3.63) is 0 Å². The quantitative estimate of drug-likeness (QED) is 0.588. The maximum absolute atomic E-state index is 11.5. The molecule has 0 aromatic rings. The molecule has 2 aliphatic heterocycles. The van der Waals surface area contributed by atoms with Gasteiger partial charge in [-0.3, -0.25) is 14.6 Å². The van der Waals surface area contributed by atoms with Gasteiger partial charge in [0.2, 0.25) is 5.91 Å². The van der Waals surface area contributed by atoms with E-state index in [-0.39, 0.29) is 5.91 Å². The van der Waals surface area contributed by atoms with Crippen LogP contribution >= 0.6 is 0 Å². The summed E-state index contributed by atoms with van der Waals surface area (Å²) < 4.78 is 0. The number of carbonyl (C=O) groups excluding carboxylic acids is 1. The molecule has 0 aromatic heterocycles. The Morgan fingerprint density at radius 2 is 2.11 bits per heavy atom. The predicted octanol–water partition coefficient (Wildman–Crippen LogP) is -1.39. The zero-order chi connectivity index (χ0) is 12.8. The number of likely N-dealkylation sites (tertiary alicyclic amines) is 1. The number of nitrogens with one attached hydrogen (secondary N) is 2. The van der Waals surface area contributed by atoms with Gasteiger partial charge in [0, 0.05) is 51.9 Å². The van der Waals surface area contributed by atoms with Crippen LogP contribution in [0.15, 0.2) is 0 Å². The molecule has 0 aromatic carbocycles. The smallest absolute Gasteiger partial charge is 0.234 e. The minimum atomic E-state index is 0.0315. The second-order valence-corrected chi connectivity index (χ2v) is 4.89. The molecule has 18 heavy (non-hydrogen) atoms. The van der Waals surface area contributed by atoms with Crippen LogP contribution in [0.4, 0.5) is 0 Å². The van der Waals surface area contributed by atoms with Gasteiger partial charge in [0.05, 0.1) is 19.0 Å². The highest BCUT2D eigenvalue weighted by molar-refractivity contribution is 5.78. The second-order valence-electron chi connectivity index (χ2n) is 4.89. The van der Waals surface area contributed by atoms with Gasteiger partial charge in [0.25, 0.3) is 0 Å². The maximum atomic E-state index is 11.5. The lowest BCUT2D eigenvalue weighted by atomic mass is 10.1. The Kier molecular flexibility index (Phi) is 4.93. The fourth-order valence-corrected chi connectivity index (χ4v) is 2.47. The van der Waals surface area contributed by atoms with Gasteiger partial charge in [-0.25, -0.2) is 0 Å². The molecule has 0 unspecified atom stereocenters. The lowest BCUT2D eigenvalue weighted by molar-refractivity contribution is -0.124. The van der Waals surface area contributed by atoms with Crippen LogP contribution in [0.2, 0.25) is 0 Å². The molecule has 2 rings (SSSR count). The van der Waals surface area contributed by atoms with Gasteiger partial charge in [-0.15, -0.1) is 0 Å². The van der Waals surface area contributed by atoms with E-state index >= 15 is 0 Å². The van der Waals surface area contributed by atoms with Crippen molar-refractivity contribution in [1.29, 1.82) is 5.26 Å². The molecule has 0 saturated carbocycles. The van der Waals surface area contributed by atoms with E-state index in [0.717, 1.165) is 39.3 Å². The van der Waals surface area contributed by atoms with Gasteiger partial charge in [0.1, 0.15) is 0 Å².